The number of methoxy groups -OCH3 is 1. The molecular formula is C20H25N3O5. The van der Waals surface area contributed by atoms with E-state index in [0.29, 0.717) is 45.6 Å². The highest BCUT2D eigenvalue weighted by Gasteiger charge is 2.52. The first-order valence-corrected chi connectivity index (χ1v) is 9.63. The summed E-state index contributed by atoms with van der Waals surface area (Å²) in [5, 5.41) is 2.86. The quantitative estimate of drug-likeness (QED) is 0.766. The van der Waals surface area contributed by atoms with Gasteiger partial charge >= 0.3 is 6.03 Å². The molecule has 3 saturated heterocycles. The molecule has 0 bridgehead atoms. The summed E-state index contributed by atoms with van der Waals surface area (Å²) in [6.45, 7) is 2.23. The lowest BCUT2D eigenvalue weighted by molar-refractivity contribution is -0.135. The van der Waals surface area contributed by atoms with Crippen LogP contribution in [0.15, 0.2) is 24.3 Å². The van der Waals surface area contributed by atoms with Crippen LogP contribution in [0.5, 0.6) is 5.75 Å². The van der Waals surface area contributed by atoms with Crippen LogP contribution in [0.4, 0.5) is 4.79 Å². The molecule has 3 fully saturated rings. The summed E-state index contributed by atoms with van der Waals surface area (Å²) in [6, 6.07) is 7.27. The van der Waals surface area contributed by atoms with Gasteiger partial charge in [0.1, 0.15) is 11.3 Å². The van der Waals surface area contributed by atoms with Crippen LogP contribution in [0.1, 0.15) is 24.8 Å². The Balaban J connectivity index is 1.39. The minimum absolute atomic E-state index is 0.0423. The molecule has 1 N–H and O–H groups in total. The molecule has 3 aliphatic rings. The molecule has 4 rings (SSSR count). The second-order valence-corrected chi connectivity index (χ2v) is 7.74. The fraction of sp³-hybridized carbons (Fsp3) is 0.550. The maximum Gasteiger partial charge on any atom is 0.325 e. The van der Waals surface area contributed by atoms with E-state index < -0.39 is 5.54 Å². The third-order valence-corrected chi connectivity index (χ3v) is 5.84. The number of ether oxygens (including phenoxy) is 2. The Morgan fingerprint density at radius 2 is 2.04 bits per heavy atom. The summed E-state index contributed by atoms with van der Waals surface area (Å²) in [5.41, 5.74) is 0.169. The number of urea groups is 1. The Hall–Kier alpha value is -2.61. The van der Waals surface area contributed by atoms with E-state index in [1.54, 1.807) is 12.0 Å². The predicted molar refractivity (Wildman–Crippen MR) is 99.5 cm³/mol. The van der Waals surface area contributed by atoms with Crippen LogP contribution in [0.2, 0.25) is 0 Å². The first kappa shape index (κ1) is 18.7. The molecule has 1 aromatic carbocycles. The molecule has 3 heterocycles. The zero-order chi connectivity index (χ0) is 19.7. The summed E-state index contributed by atoms with van der Waals surface area (Å²) in [7, 11) is 1.61. The summed E-state index contributed by atoms with van der Waals surface area (Å²) in [6.07, 6.45) is 1.34. The standard InChI is InChI=1S/C20H25N3O5/c1-27-16-4-2-3-14(9-16)11-22-12-15(10-17(22)24)13-23-18(25)20(21-19(23)26)5-7-28-8-6-20/h2-4,9,15H,5-8,10-13H2,1H3,(H,21,26). The van der Waals surface area contributed by atoms with Gasteiger partial charge < -0.3 is 19.7 Å². The molecule has 0 saturated carbocycles. The van der Waals surface area contributed by atoms with E-state index in [2.05, 4.69) is 5.32 Å². The zero-order valence-corrected chi connectivity index (χ0v) is 16.0. The monoisotopic (exact) mass is 387 g/mol. The third kappa shape index (κ3) is 3.44. The van der Waals surface area contributed by atoms with Gasteiger partial charge in [0, 0.05) is 58.0 Å². The van der Waals surface area contributed by atoms with Gasteiger partial charge in [-0.05, 0) is 17.7 Å². The maximum atomic E-state index is 12.9. The fourth-order valence-corrected chi connectivity index (χ4v) is 4.28. The number of rotatable bonds is 5. The number of carbonyl (C=O) groups is 3. The van der Waals surface area contributed by atoms with Gasteiger partial charge in [-0.25, -0.2) is 4.79 Å². The lowest BCUT2D eigenvalue weighted by Crippen LogP contribution is -2.51. The van der Waals surface area contributed by atoms with Crippen LogP contribution in [-0.2, 0) is 20.9 Å². The van der Waals surface area contributed by atoms with Crippen molar-refractivity contribution in [3.8, 4) is 5.75 Å². The highest BCUT2D eigenvalue weighted by molar-refractivity contribution is 6.07. The molecule has 0 aliphatic carbocycles. The smallest absolute Gasteiger partial charge is 0.325 e. The molecule has 1 aromatic rings. The second kappa shape index (κ2) is 7.43. The molecule has 150 valence electrons. The summed E-state index contributed by atoms with van der Waals surface area (Å²) >= 11 is 0. The molecule has 0 aromatic heterocycles. The van der Waals surface area contributed by atoms with E-state index in [1.165, 1.54) is 4.90 Å². The van der Waals surface area contributed by atoms with Crippen LogP contribution in [0.25, 0.3) is 0 Å². The van der Waals surface area contributed by atoms with Crippen molar-refractivity contribution in [2.24, 2.45) is 5.92 Å². The molecule has 1 spiro atoms. The van der Waals surface area contributed by atoms with E-state index in [9.17, 15) is 14.4 Å². The third-order valence-electron chi connectivity index (χ3n) is 5.84. The molecule has 8 heteroatoms. The van der Waals surface area contributed by atoms with E-state index >= 15 is 0 Å². The highest BCUT2D eigenvalue weighted by atomic mass is 16.5. The number of carbonyl (C=O) groups excluding carboxylic acids is 3. The van der Waals surface area contributed by atoms with Crippen molar-refractivity contribution in [2.75, 3.05) is 33.4 Å². The Kier molecular flexibility index (Phi) is 4.97. The van der Waals surface area contributed by atoms with Crippen LogP contribution >= 0.6 is 0 Å². The fourth-order valence-electron chi connectivity index (χ4n) is 4.28. The lowest BCUT2D eigenvalue weighted by Gasteiger charge is -2.30. The Morgan fingerprint density at radius 1 is 1.25 bits per heavy atom. The van der Waals surface area contributed by atoms with Crippen molar-refractivity contribution < 1.29 is 23.9 Å². The zero-order valence-electron chi connectivity index (χ0n) is 16.0. The second-order valence-electron chi connectivity index (χ2n) is 7.74. The van der Waals surface area contributed by atoms with Crippen molar-refractivity contribution in [1.29, 1.82) is 0 Å². The molecule has 1 atom stereocenters. The highest BCUT2D eigenvalue weighted by Crippen LogP contribution is 2.30. The molecular weight excluding hydrogens is 362 g/mol. The van der Waals surface area contributed by atoms with Gasteiger partial charge in [0.2, 0.25) is 5.91 Å². The average molecular weight is 387 g/mol. The minimum atomic E-state index is -0.821. The normalized spacial score (nSPS) is 24.2. The van der Waals surface area contributed by atoms with Gasteiger partial charge in [-0.1, -0.05) is 12.1 Å². The van der Waals surface area contributed by atoms with Crippen molar-refractivity contribution in [3.63, 3.8) is 0 Å². The molecule has 28 heavy (non-hydrogen) atoms. The largest absolute Gasteiger partial charge is 0.497 e. The predicted octanol–water partition coefficient (Wildman–Crippen LogP) is 1.14. The van der Waals surface area contributed by atoms with Gasteiger partial charge in [-0.3, -0.25) is 14.5 Å². The van der Waals surface area contributed by atoms with E-state index in [4.69, 9.17) is 9.47 Å². The Bertz CT molecular complexity index is 790. The topological polar surface area (TPSA) is 88.2 Å². The number of hydrogen-bond acceptors (Lipinski definition) is 5. The molecule has 3 aliphatic heterocycles. The minimum Gasteiger partial charge on any atom is -0.497 e. The van der Waals surface area contributed by atoms with Crippen LogP contribution < -0.4 is 10.1 Å². The molecule has 1 unspecified atom stereocenters. The van der Waals surface area contributed by atoms with Gasteiger partial charge in [0.05, 0.1) is 7.11 Å². The lowest BCUT2D eigenvalue weighted by atomic mass is 9.90. The molecule has 4 amide bonds. The van der Waals surface area contributed by atoms with Crippen molar-refractivity contribution in [1.82, 2.24) is 15.1 Å². The maximum absolute atomic E-state index is 12.9. The van der Waals surface area contributed by atoms with Crippen molar-refractivity contribution in [3.05, 3.63) is 29.8 Å². The first-order valence-electron chi connectivity index (χ1n) is 9.63. The average Bonchev–Trinajstić information content (AvgIpc) is 3.15. The molecule has 0 radical (unpaired) electrons. The number of likely N-dealkylation sites (tertiary alicyclic amines) is 1. The van der Waals surface area contributed by atoms with E-state index in [0.717, 1.165) is 11.3 Å². The summed E-state index contributed by atoms with van der Waals surface area (Å²) in [5.74, 6) is 0.560. The van der Waals surface area contributed by atoms with Crippen molar-refractivity contribution >= 4 is 17.8 Å². The SMILES string of the molecule is COc1cccc(CN2CC(CN3C(=O)NC4(CCOCC4)C3=O)CC2=O)c1. The van der Waals surface area contributed by atoms with Gasteiger partial charge in [-0.2, -0.15) is 0 Å². The van der Waals surface area contributed by atoms with Crippen molar-refractivity contribution in [2.45, 2.75) is 31.3 Å². The van der Waals surface area contributed by atoms with Crippen LogP contribution in [0.3, 0.4) is 0 Å². The first-order chi connectivity index (χ1) is 13.5. The molecule has 8 nitrogen and oxygen atoms in total. The Labute approximate surface area is 163 Å². The number of hydrogen-bond donors (Lipinski definition) is 1. The number of imide groups is 1. The Morgan fingerprint density at radius 3 is 2.79 bits per heavy atom. The number of nitrogens with one attached hydrogen (secondary N) is 1. The number of nitrogens with zero attached hydrogens (tertiary/aromatic N) is 2. The van der Waals surface area contributed by atoms with Gasteiger partial charge in [0.15, 0.2) is 0 Å². The van der Waals surface area contributed by atoms with Gasteiger partial charge in [0.25, 0.3) is 5.91 Å². The van der Waals surface area contributed by atoms with Crippen LogP contribution in [-0.4, -0.2) is 66.6 Å². The number of benzene rings is 1. The number of amides is 4. The summed E-state index contributed by atoms with van der Waals surface area (Å²) < 4.78 is 10.6. The van der Waals surface area contributed by atoms with E-state index in [1.807, 2.05) is 24.3 Å². The van der Waals surface area contributed by atoms with Crippen LogP contribution in [0, 0.1) is 5.92 Å². The van der Waals surface area contributed by atoms with E-state index in [-0.39, 0.29) is 30.3 Å². The van der Waals surface area contributed by atoms with Gasteiger partial charge in [-0.15, -0.1) is 0 Å². The summed E-state index contributed by atoms with van der Waals surface area (Å²) in [4.78, 5) is 40.8.